The Morgan fingerprint density at radius 1 is 1.10 bits per heavy atom. The van der Waals surface area contributed by atoms with E-state index in [9.17, 15) is 4.79 Å². The number of benzene rings is 2. The molecule has 2 heterocycles. The van der Waals surface area contributed by atoms with Crippen LogP contribution in [0.4, 0.5) is 0 Å². The van der Waals surface area contributed by atoms with Crippen LogP contribution in [0.1, 0.15) is 16.1 Å². The zero-order valence-corrected chi connectivity index (χ0v) is 18.0. The highest BCUT2D eigenvalue weighted by Crippen LogP contribution is 2.26. The molecular formula is C23H21N5O2S. The molecule has 31 heavy (non-hydrogen) atoms. The summed E-state index contributed by atoms with van der Waals surface area (Å²) in [6.07, 6.45) is 5.41. The molecule has 0 atom stereocenters. The second-order valence-electron chi connectivity index (χ2n) is 6.67. The standard InChI is InChI=1S/C23H21N5O2S/c1-30-19-9-7-18(8-10-19)28-22(17-4-3-13-24-15-17)21(26-27-28)23(29)25-14-16-5-11-20(31-2)12-6-16/h3-13,15H,14H2,1-2H3,(H,25,29). The number of ether oxygens (including phenoxy) is 1. The molecule has 0 fully saturated rings. The Bertz CT molecular complexity index is 1160. The third-order valence-corrected chi connectivity index (χ3v) is 5.49. The van der Waals surface area contributed by atoms with Crippen LogP contribution in [0, 0.1) is 0 Å². The average Bonchev–Trinajstić information content (AvgIpc) is 3.29. The van der Waals surface area contributed by atoms with Crippen molar-refractivity contribution in [3.05, 3.63) is 84.3 Å². The molecule has 0 saturated heterocycles. The molecule has 1 N–H and O–H groups in total. The van der Waals surface area contributed by atoms with Crippen molar-refractivity contribution in [1.29, 1.82) is 0 Å². The zero-order valence-electron chi connectivity index (χ0n) is 17.1. The summed E-state index contributed by atoms with van der Waals surface area (Å²) in [5, 5.41) is 11.4. The smallest absolute Gasteiger partial charge is 0.274 e. The highest BCUT2D eigenvalue weighted by Gasteiger charge is 2.22. The Morgan fingerprint density at radius 2 is 1.87 bits per heavy atom. The van der Waals surface area contributed by atoms with Gasteiger partial charge >= 0.3 is 0 Å². The fraction of sp³-hybridized carbons (Fsp3) is 0.130. The molecule has 2 aromatic heterocycles. The van der Waals surface area contributed by atoms with Crippen molar-refractivity contribution in [1.82, 2.24) is 25.3 Å². The predicted octanol–water partition coefficient (Wildman–Crippen LogP) is 3.99. The van der Waals surface area contributed by atoms with Crippen molar-refractivity contribution in [2.45, 2.75) is 11.4 Å². The quantitative estimate of drug-likeness (QED) is 0.446. The number of hydrogen-bond donors (Lipinski definition) is 1. The molecule has 4 aromatic rings. The number of hydrogen-bond acceptors (Lipinski definition) is 6. The number of methoxy groups -OCH3 is 1. The van der Waals surface area contributed by atoms with Crippen LogP contribution >= 0.6 is 11.8 Å². The van der Waals surface area contributed by atoms with Gasteiger partial charge in [-0.1, -0.05) is 17.3 Å². The summed E-state index contributed by atoms with van der Waals surface area (Å²) < 4.78 is 6.87. The van der Waals surface area contributed by atoms with E-state index in [-0.39, 0.29) is 11.6 Å². The van der Waals surface area contributed by atoms with E-state index in [0.29, 0.717) is 12.2 Å². The van der Waals surface area contributed by atoms with Crippen LogP contribution in [0.15, 0.2) is 78.0 Å². The lowest BCUT2D eigenvalue weighted by molar-refractivity contribution is 0.0946. The van der Waals surface area contributed by atoms with Gasteiger partial charge in [-0.3, -0.25) is 9.78 Å². The van der Waals surface area contributed by atoms with Gasteiger partial charge in [0.05, 0.1) is 12.8 Å². The summed E-state index contributed by atoms with van der Waals surface area (Å²) in [6.45, 7) is 0.398. The lowest BCUT2D eigenvalue weighted by Gasteiger charge is -2.09. The van der Waals surface area contributed by atoms with Crippen molar-refractivity contribution in [3.63, 3.8) is 0 Å². The number of rotatable bonds is 7. The van der Waals surface area contributed by atoms with Crippen molar-refractivity contribution in [2.24, 2.45) is 0 Å². The van der Waals surface area contributed by atoms with Crippen LogP contribution < -0.4 is 10.1 Å². The highest BCUT2D eigenvalue weighted by molar-refractivity contribution is 7.98. The largest absolute Gasteiger partial charge is 0.497 e. The second kappa shape index (κ2) is 9.44. The molecule has 0 aliphatic carbocycles. The van der Waals surface area contributed by atoms with E-state index in [2.05, 4.69) is 20.6 Å². The molecule has 0 unspecified atom stereocenters. The lowest BCUT2D eigenvalue weighted by atomic mass is 10.1. The summed E-state index contributed by atoms with van der Waals surface area (Å²) in [5.41, 5.74) is 3.34. The van der Waals surface area contributed by atoms with E-state index in [1.54, 1.807) is 35.9 Å². The van der Waals surface area contributed by atoms with Gasteiger partial charge in [-0.15, -0.1) is 16.9 Å². The minimum absolute atomic E-state index is 0.240. The highest BCUT2D eigenvalue weighted by atomic mass is 32.2. The zero-order chi connectivity index (χ0) is 21.6. The maximum Gasteiger partial charge on any atom is 0.274 e. The first-order valence-electron chi connectivity index (χ1n) is 9.61. The molecule has 4 rings (SSSR count). The molecule has 1 amide bonds. The van der Waals surface area contributed by atoms with Crippen LogP contribution in [0.2, 0.25) is 0 Å². The maximum atomic E-state index is 13.0. The third kappa shape index (κ3) is 4.59. The Labute approximate surface area is 184 Å². The number of carbonyl (C=O) groups excluding carboxylic acids is 1. The lowest BCUT2D eigenvalue weighted by Crippen LogP contribution is -2.24. The Morgan fingerprint density at radius 3 is 2.52 bits per heavy atom. The van der Waals surface area contributed by atoms with Crippen LogP contribution in [0.25, 0.3) is 16.9 Å². The first-order chi connectivity index (χ1) is 15.2. The molecule has 0 radical (unpaired) electrons. The van der Waals surface area contributed by atoms with Crippen LogP contribution in [-0.2, 0) is 6.54 Å². The Kier molecular flexibility index (Phi) is 6.28. The summed E-state index contributed by atoms with van der Waals surface area (Å²) in [6, 6.07) is 19.2. The topological polar surface area (TPSA) is 81.9 Å². The molecule has 0 spiro atoms. The Balaban J connectivity index is 1.64. The van der Waals surface area contributed by atoms with Crippen molar-refractivity contribution in [3.8, 4) is 22.7 Å². The van der Waals surface area contributed by atoms with Crippen molar-refractivity contribution >= 4 is 17.7 Å². The second-order valence-corrected chi connectivity index (χ2v) is 7.55. The molecule has 2 aromatic carbocycles. The fourth-order valence-corrected chi connectivity index (χ4v) is 3.52. The van der Waals surface area contributed by atoms with E-state index in [0.717, 1.165) is 22.6 Å². The van der Waals surface area contributed by atoms with E-state index < -0.39 is 0 Å². The minimum atomic E-state index is -0.299. The third-order valence-electron chi connectivity index (χ3n) is 4.75. The van der Waals surface area contributed by atoms with Crippen molar-refractivity contribution in [2.75, 3.05) is 13.4 Å². The SMILES string of the molecule is COc1ccc(-n2nnc(C(=O)NCc3ccc(SC)cc3)c2-c2cccnc2)cc1. The predicted molar refractivity (Wildman–Crippen MR) is 121 cm³/mol. The fourth-order valence-electron chi connectivity index (χ4n) is 3.11. The molecule has 0 aliphatic heterocycles. The molecule has 156 valence electrons. The first kappa shape index (κ1) is 20.6. The summed E-state index contributed by atoms with van der Waals surface area (Å²) in [7, 11) is 1.61. The number of thioether (sulfide) groups is 1. The summed E-state index contributed by atoms with van der Waals surface area (Å²) in [5.74, 6) is 0.435. The molecule has 7 nitrogen and oxygen atoms in total. The molecule has 0 bridgehead atoms. The van der Waals surface area contributed by atoms with Crippen LogP contribution in [0.5, 0.6) is 5.75 Å². The van der Waals surface area contributed by atoms with Gasteiger partial charge in [0.2, 0.25) is 0 Å². The van der Waals surface area contributed by atoms with Gasteiger partial charge in [0, 0.05) is 29.4 Å². The van der Waals surface area contributed by atoms with Gasteiger partial charge in [-0.05, 0) is 60.4 Å². The van der Waals surface area contributed by atoms with Crippen LogP contribution in [0.3, 0.4) is 0 Å². The van der Waals surface area contributed by atoms with E-state index in [1.165, 1.54) is 4.90 Å². The van der Waals surface area contributed by atoms with Gasteiger partial charge in [0.1, 0.15) is 11.4 Å². The van der Waals surface area contributed by atoms with Gasteiger partial charge in [-0.25, -0.2) is 4.68 Å². The number of nitrogens with one attached hydrogen (secondary N) is 1. The summed E-state index contributed by atoms with van der Waals surface area (Å²) >= 11 is 1.68. The molecule has 0 saturated carbocycles. The monoisotopic (exact) mass is 431 g/mol. The van der Waals surface area contributed by atoms with Gasteiger partial charge in [0.25, 0.3) is 5.91 Å². The molecule has 8 heteroatoms. The number of aromatic nitrogens is 4. The molecule has 0 aliphatic rings. The van der Waals surface area contributed by atoms with Gasteiger partial charge in [-0.2, -0.15) is 0 Å². The van der Waals surface area contributed by atoms with Gasteiger partial charge in [0.15, 0.2) is 5.69 Å². The van der Waals surface area contributed by atoms with E-state index >= 15 is 0 Å². The van der Waals surface area contributed by atoms with Crippen molar-refractivity contribution < 1.29 is 9.53 Å². The first-order valence-corrected chi connectivity index (χ1v) is 10.8. The van der Waals surface area contributed by atoms with Crippen LogP contribution in [-0.4, -0.2) is 39.3 Å². The number of amides is 1. The summed E-state index contributed by atoms with van der Waals surface area (Å²) in [4.78, 5) is 18.4. The Hall–Kier alpha value is -3.65. The average molecular weight is 432 g/mol. The molecular weight excluding hydrogens is 410 g/mol. The number of pyridine rings is 1. The number of nitrogens with zero attached hydrogens (tertiary/aromatic N) is 4. The maximum absolute atomic E-state index is 13.0. The van der Waals surface area contributed by atoms with E-state index in [4.69, 9.17) is 4.74 Å². The normalized spacial score (nSPS) is 10.6. The van der Waals surface area contributed by atoms with Gasteiger partial charge < -0.3 is 10.1 Å². The van der Waals surface area contributed by atoms with E-state index in [1.807, 2.05) is 66.9 Å². The number of carbonyl (C=O) groups is 1. The minimum Gasteiger partial charge on any atom is -0.497 e.